The lowest BCUT2D eigenvalue weighted by atomic mass is 9.78. The molecule has 0 bridgehead atoms. The Labute approximate surface area is 110 Å². The zero-order chi connectivity index (χ0) is 13.1. The largest absolute Gasteiger partial charge is 0.493 e. The molecule has 1 aliphatic rings. The fraction of sp³-hybridized carbons (Fsp3) is 0.786. The third kappa shape index (κ3) is 2.53. The van der Waals surface area contributed by atoms with Crippen LogP contribution in [-0.4, -0.2) is 16.9 Å². The first-order chi connectivity index (χ1) is 8.67. The van der Waals surface area contributed by atoms with Gasteiger partial charge in [0.25, 0.3) is 0 Å². The fourth-order valence-electron chi connectivity index (χ4n) is 3.15. The molecule has 0 aromatic carbocycles. The van der Waals surface area contributed by atoms with Crippen molar-refractivity contribution in [2.24, 2.45) is 17.6 Å². The third-order valence-electron chi connectivity index (χ3n) is 4.16. The highest BCUT2D eigenvalue weighted by molar-refractivity contribution is 5.28. The molecule has 0 amide bonds. The molecule has 2 N–H and O–H groups in total. The van der Waals surface area contributed by atoms with Gasteiger partial charge in [0.1, 0.15) is 0 Å². The standard InChI is InChI=1S/C14H25N3O/c1-4-17-14(12(18-3)9-16-17)13(15)11-7-5-6-10(2)8-11/h9-11,13H,4-8,15H2,1-3H3. The Kier molecular flexibility index (Phi) is 4.27. The van der Waals surface area contributed by atoms with E-state index in [-0.39, 0.29) is 6.04 Å². The molecule has 18 heavy (non-hydrogen) atoms. The second kappa shape index (κ2) is 5.74. The van der Waals surface area contributed by atoms with Gasteiger partial charge >= 0.3 is 0 Å². The van der Waals surface area contributed by atoms with Crippen LogP contribution in [0.15, 0.2) is 6.20 Å². The highest BCUT2D eigenvalue weighted by atomic mass is 16.5. The number of aryl methyl sites for hydroxylation is 1. The van der Waals surface area contributed by atoms with Crippen molar-refractivity contribution in [3.63, 3.8) is 0 Å². The molecular formula is C14H25N3O. The number of rotatable bonds is 4. The Morgan fingerprint density at radius 3 is 2.94 bits per heavy atom. The van der Waals surface area contributed by atoms with Crippen LogP contribution < -0.4 is 10.5 Å². The van der Waals surface area contributed by atoms with Crippen LogP contribution in [0.4, 0.5) is 0 Å². The Hall–Kier alpha value is -1.03. The summed E-state index contributed by atoms with van der Waals surface area (Å²) in [7, 11) is 1.69. The Balaban J connectivity index is 2.21. The minimum absolute atomic E-state index is 0.0464. The van der Waals surface area contributed by atoms with Crippen LogP contribution in [0.5, 0.6) is 5.75 Å². The minimum atomic E-state index is 0.0464. The first-order valence-corrected chi connectivity index (χ1v) is 7.02. The molecule has 1 saturated carbocycles. The Morgan fingerprint density at radius 2 is 2.33 bits per heavy atom. The first kappa shape index (κ1) is 13.4. The van der Waals surface area contributed by atoms with Gasteiger partial charge in [-0.25, -0.2) is 0 Å². The summed E-state index contributed by atoms with van der Waals surface area (Å²) in [6.07, 6.45) is 6.86. The van der Waals surface area contributed by atoms with Gasteiger partial charge in [-0.3, -0.25) is 4.68 Å². The van der Waals surface area contributed by atoms with Gasteiger partial charge in [-0.1, -0.05) is 19.8 Å². The van der Waals surface area contributed by atoms with Crippen LogP contribution in [0, 0.1) is 11.8 Å². The molecular weight excluding hydrogens is 226 g/mol. The summed E-state index contributed by atoms with van der Waals surface area (Å²) in [6.45, 7) is 5.26. The quantitative estimate of drug-likeness (QED) is 0.895. The molecule has 1 fully saturated rings. The summed E-state index contributed by atoms with van der Waals surface area (Å²) >= 11 is 0. The molecule has 3 atom stereocenters. The predicted molar refractivity (Wildman–Crippen MR) is 72.5 cm³/mol. The van der Waals surface area contributed by atoms with Gasteiger partial charge in [-0.2, -0.15) is 5.10 Å². The van der Waals surface area contributed by atoms with E-state index in [1.165, 1.54) is 25.7 Å². The molecule has 1 aromatic rings. The molecule has 4 nitrogen and oxygen atoms in total. The molecule has 0 saturated heterocycles. The molecule has 1 aromatic heterocycles. The van der Waals surface area contributed by atoms with Gasteiger partial charge in [0, 0.05) is 6.54 Å². The molecule has 102 valence electrons. The average Bonchev–Trinajstić information content (AvgIpc) is 2.80. The number of ether oxygens (including phenoxy) is 1. The lowest BCUT2D eigenvalue weighted by Crippen LogP contribution is -2.28. The van der Waals surface area contributed by atoms with Crippen molar-refractivity contribution < 1.29 is 4.74 Å². The van der Waals surface area contributed by atoms with Crippen LogP contribution in [0.25, 0.3) is 0 Å². The number of hydrogen-bond donors (Lipinski definition) is 1. The zero-order valence-corrected chi connectivity index (χ0v) is 11.7. The van der Waals surface area contributed by atoms with Gasteiger partial charge < -0.3 is 10.5 Å². The first-order valence-electron chi connectivity index (χ1n) is 7.02. The van der Waals surface area contributed by atoms with Crippen LogP contribution >= 0.6 is 0 Å². The predicted octanol–water partition coefficient (Wildman–Crippen LogP) is 2.74. The van der Waals surface area contributed by atoms with E-state index in [0.29, 0.717) is 5.92 Å². The van der Waals surface area contributed by atoms with E-state index in [4.69, 9.17) is 10.5 Å². The van der Waals surface area contributed by atoms with Crippen LogP contribution in [0.2, 0.25) is 0 Å². The second-order valence-electron chi connectivity index (χ2n) is 5.47. The number of nitrogens with two attached hydrogens (primary N) is 1. The van der Waals surface area contributed by atoms with E-state index in [0.717, 1.165) is 23.9 Å². The Morgan fingerprint density at radius 1 is 1.56 bits per heavy atom. The van der Waals surface area contributed by atoms with Crippen molar-refractivity contribution in [2.75, 3.05) is 7.11 Å². The van der Waals surface area contributed by atoms with Gasteiger partial charge in [-0.15, -0.1) is 0 Å². The summed E-state index contributed by atoms with van der Waals surface area (Å²) in [4.78, 5) is 0. The highest BCUT2D eigenvalue weighted by Gasteiger charge is 2.29. The van der Waals surface area contributed by atoms with Crippen LogP contribution in [0.3, 0.4) is 0 Å². The maximum Gasteiger partial charge on any atom is 0.161 e. The zero-order valence-electron chi connectivity index (χ0n) is 11.7. The maximum absolute atomic E-state index is 6.49. The molecule has 0 radical (unpaired) electrons. The van der Waals surface area contributed by atoms with Gasteiger partial charge in [-0.05, 0) is 31.6 Å². The van der Waals surface area contributed by atoms with Gasteiger partial charge in [0.2, 0.25) is 0 Å². The van der Waals surface area contributed by atoms with Crippen molar-refractivity contribution in [2.45, 2.75) is 52.1 Å². The topological polar surface area (TPSA) is 53.1 Å². The normalized spacial score (nSPS) is 26.0. The lowest BCUT2D eigenvalue weighted by Gasteiger charge is -2.31. The molecule has 3 unspecified atom stereocenters. The van der Waals surface area contributed by atoms with Crippen LogP contribution in [0.1, 0.15) is 51.3 Å². The Bertz CT molecular complexity index is 367. The minimum Gasteiger partial charge on any atom is -0.493 e. The molecule has 1 heterocycles. The van der Waals surface area contributed by atoms with E-state index >= 15 is 0 Å². The van der Waals surface area contributed by atoms with Gasteiger partial charge in [0.05, 0.1) is 25.0 Å². The molecule has 1 aliphatic carbocycles. The second-order valence-corrected chi connectivity index (χ2v) is 5.47. The summed E-state index contributed by atoms with van der Waals surface area (Å²) < 4.78 is 7.38. The molecule has 0 spiro atoms. The number of hydrogen-bond acceptors (Lipinski definition) is 3. The van der Waals surface area contributed by atoms with Crippen molar-refractivity contribution in [1.29, 1.82) is 0 Å². The van der Waals surface area contributed by atoms with E-state index in [1.807, 2.05) is 4.68 Å². The highest BCUT2D eigenvalue weighted by Crippen LogP contribution is 2.38. The van der Waals surface area contributed by atoms with Crippen LogP contribution in [-0.2, 0) is 6.54 Å². The average molecular weight is 251 g/mol. The molecule has 0 aliphatic heterocycles. The smallest absolute Gasteiger partial charge is 0.161 e. The number of aromatic nitrogens is 2. The van der Waals surface area contributed by atoms with E-state index in [9.17, 15) is 0 Å². The van der Waals surface area contributed by atoms with E-state index in [1.54, 1.807) is 13.3 Å². The summed E-state index contributed by atoms with van der Waals surface area (Å²) in [6, 6.07) is 0.0464. The fourth-order valence-corrected chi connectivity index (χ4v) is 3.15. The molecule has 2 rings (SSSR count). The summed E-state index contributed by atoms with van der Waals surface area (Å²) in [5.74, 6) is 2.19. The SMILES string of the molecule is CCn1ncc(OC)c1C(N)C1CCCC(C)C1. The number of methoxy groups -OCH3 is 1. The third-order valence-corrected chi connectivity index (χ3v) is 4.16. The van der Waals surface area contributed by atoms with Crippen molar-refractivity contribution in [3.05, 3.63) is 11.9 Å². The monoisotopic (exact) mass is 251 g/mol. The van der Waals surface area contributed by atoms with Crippen molar-refractivity contribution >= 4 is 0 Å². The van der Waals surface area contributed by atoms with E-state index in [2.05, 4.69) is 18.9 Å². The number of nitrogens with zero attached hydrogens (tertiary/aromatic N) is 2. The van der Waals surface area contributed by atoms with E-state index < -0.39 is 0 Å². The maximum atomic E-state index is 6.49. The van der Waals surface area contributed by atoms with Gasteiger partial charge in [0.15, 0.2) is 5.75 Å². The van der Waals surface area contributed by atoms with Crippen molar-refractivity contribution in [3.8, 4) is 5.75 Å². The summed E-state index contributed by atoms with van der Waals surface area (Å²) in [5.41, 5.74) is 7.56. The summed E-state index contributed by atoms with van der Waals surface area (Å²) in [5, 5.41) is 4.35. The van der Waals surface area contributed by atoms with Crippen molar-refractivity contribution in [1.82, 2.24) is 9.78 Å². The lowest BCUT2D eigenvalue weighted by molar-refractivity contribution is 0.238. The molecule has 4 heteroatoms.